The zero-order valence-corrected chi connectivity index (χ0v) is 16.2. The number of nitrogens with zero attached hydrogens (tertiary/aromatic N) is 1. The van der Waals surface area contributed by atoms with Gasteiger partial charge < -0.3 is 15.2 Å². The molecule has 0 heterocycles. The van der Waals surface area contributed by atoms with Crippen molar-refractivity contribution in [2.45, 2.75) is 40.7 Å². The van der Waals surface area contributed by atoms with Crippen LogP contribution in [0.25, 0.3) is 0 Å². The smallest absolute Gasteiger partial charge is 0.341 e. The van der Waals surface area contributed by atoms with Crippen LogP contribution >= 0.6 is 0 Å². The average molecular weight is 378 g/mol. The number of ether oxygens (including phenoxy) is 1. The topological polar surface area (TPSA) is 113 Å². The van der Waals surface area contributed by atoms with E-state index in [1.165, 1.54) is 36.9 Å². The quantitative estimate of drug-likeness (QED) is 0.665. The molecule has 1 aromatic carbocycles. The first kappa shape index (κ1) is 22.1. The zero-order valence-electron chi connectivity index (χ0n) is 16.2. The summed E-state index contributed by atoms with van der Waals surface area (Å²) < 4.78 is 4.91. The molecule has 1 unspecified atom stereocenters. The molecule has 0 bridgehead atoms. The van der Waals surface area contributed by atoms with Gasteiger partial charge in [0.05, 0.1) is 13.2 Å². The predicted octanol–water partition coefficient (Wildman–Crippen LogP) is 1.65. The van der Waals surface area contributed by atoms with Gasteiger partial charge in [0.15, 0.2) is 0 Å². The number of esters is 1. The minimum Gasteiger partial charge on any atom is -0.507 e. The maximum Gasteiger partial charge on any atom is 0.341 e. The number of rotatable bonds is 8. The molecule has 0 saturated carbocycles. The Morgan fingerprint density at radius 3 is 2.30 bits per heavy atom. The Balaban J connectivity index is 3.34. The maximum absolute atomic E-state index is 12.6. The lowest BCUT2D eigenvalue weighted by Gasteiger charge is -2.33. The lowest BCUT2D eigenvalue weighted by molar-refractivity contribution is -0.128. The van der Waals surface area contributed by atoms with Crippen molar-refractivity contribution in [3.8, 4) is 5.75 Å². The highest BCUT2D eigenvalue weighted by Gasteiger charge is 2.32. The Kier molecular flexibility index (Phi) is 7.96. The normalized spacial score (nSPS) is 11.6. The molecule has 1 atom stereocenters. The molecule has 0 spiro atoms. The van der Waals surface area contributed by atoms with E-state index in [0.717, 1.165) is 0 Å². The highest BCUT2D eigenvalue weighted by molar-refractivity contribution is 6.02. The molecule has 1 rings (SSSR count). The maximum atomic E-state index is 12.6. The number of hydrogen-bond acceptors (Lipinski definition) is 6. The van der Waals surface area contributed by atoms with Crippen LogP contribution in [0.1, 0.15) is 45.0 Å². The van der Waals surface area contributed by atoms with E-state index < -0.39 is 23.8 Å². The molecule has 0 radical (unpaired) electrons. The number of ketones is 1. The second kappa shape index (κ2) is 9.70. The Hall–Kier alpha value is -2.90. The molecular weight excluding hydrogens is 352 g/mol. The average Bonchev–Trinajstić information content (AvgIpc) is 2.57. The molecule has 148 valence electrons. The first-order valence-corrected chi connectivity index (χ1v) is 8.67. The minimum atomic E-state index is -0.901. The zero-order chi connectivity index (χ0) is 20.7. The van der Waals surface area contributed by atoms with Crippen LogP contribution in [0.15, 0.2) is 18.2 Å². The van der Waals surface area contributed by atoms with Gasteiger partial charge in [0.25, 0.3) is 0 Å². The van der Waals surface area contributed by atoms with Crippen LogP contribution in [0.2, 0.25) is 0 Å². The molecule has 0 fully saturated rings. The number of carbonyl (C=O) groups excluding carboxylic acids is 4. The van der Waals surface area contributed by atoms with Gasteiger partial charge in [-0.1, -0.05) is 13.8 Å². The molecule has 27 heavy (non-hydrogen) atoms. The van der Waals surface area contributed by atoms with E-state index in [0.29, 0.717) is 0 Å². The summed E-state index contributed by atoms with van der Waals surface area (Å²) in [6.07, 6.45) is 0. The van der Waals surface area contributed by atoms with Gasteiger partial charge in [-0.05, 0) is 38.0 Å². The molecule has 8 heteroatoms. The van der Waals surface area contributed by atoms with E-state index in [-0.39, 0.29) is 41.9 Å². The van der Waals surface area contributed by atoms with Crippen molar-refractivity contribution < 1.29 is 29.0 Å². The van der Waals surface area contributed by atoms with Crippen molar-refractivity contribution >= 4 is 29.3 Å². The van der Waals surface area contributed by atoms with Crippen LogP contribution in [-0.2, 0) is 19.1 Å². The van der Waals surface area contributed by atoms with Crippen molar-refractivity contribution in [2.24, 2.45) is 5.92 Å². The number of nitrogens with one attached hydrogen (secondary N) is 1. The van der Waals surface area contributed by atoms with Crippen LogP contribution < -0.4 is 10.2 Å². The van der Waals surface area contributed by atoms with Gasteiger partial charge in [-0.3, -0.25) is 19.3 Å². The standard InChI is InChI=1S/C19H26N2O6/c1-6-27-19(26)15-9-14(7-8-16(15)24)21(13(5)23)17(11(2)3)18(25)20-10-12(4)22/h7-9,11,17,24H,6,10H2,1-5H3,(H,20,25). The summed E-state index contributed by atoms with van der Waals surface area (Å²) in [5.74, 6) is -2.42. The van der Waals surface area contributed by atoms with Crippen LogP contribution in [0, 0.1) is 5.92 Å². The molecule has 0 aliphatic rings. The van der Waals surface area contributed by atoms with E-state index in [9.17, 15) is 24.3 Å². The summed E-state index contributed by atoms with van der Waals surface area (Å²) in [5.41, 5.74) is 0.160. The molecule has 1 aromatic rings. The van der Waals surface area contributed by atoms with Crippen LogP contribution in [-0.4, -0.2) is 47.9 Å². The summed E-state index contributed by atoms with van der Waals surface area (Å²) in [6, 6.07) is 3.11. The van der Waals surface area contributed by atoms with Crippen LogP contribution in [0.4, 0.5) is 5.69 Å². The summed E-state index contributed by atoms with van der Waals surface area (Å²) in [6.45, 7) is 7.79. The lowest BCUT2D eigenvalue weighted by Crippen LogP contribution is -2.52. The van der Waals surface area contributed by atoms with E-state index in [1.807, 2.05) is 0 Å². The number of phenols is 1. The van der Waals surface area contributed by atoms with Gasteiger partial charge in [0.1, 0.15) is 23.1 Å². The van der Waals surface area contributed by atoms with Gasteiger partial charge in [-0.25, -0.2) is 4.79 Å². The van der Waals surface area contributed by atoms with Gasteiger partial charge in [0.2, 0.25) is 11.8 Å². The van der Waals surface area contributed by atoms with Gasteiger partial charge in [-0.2, -0.15) is 0 Å². The number of amides is 2. The van der Waals surface area contributed by atoms with E-state index in [4.69, 9.17) is 4.74 Å². The monoisotopic (exact) mass is 378 g/mol. The fourth-order valence-corrected chi connectivity index (χ4v) is 2.62. The van der Waals surface area contributed by atoms with Crippen molar-refractivity contribution in [2.75, 3.05) is 18.1 Å². The number of carbonyl (C=O) groups is 4. The summed E-state index contributed by atoms with van der Waals surface area (Å²) in [5, 5.41) is 12.4. The van der Waals surface area contributed by atoms with Gasteiger partial charge in [-0.15, -0.1) is 0 Å². The Bertz CT molecular complexity index is 729. The molecule has 0 aromatic heterocycles. The Labute approximate surface area is 158 Å². The summed E-state index contributed by atoms with van der Waals surface area (Å²) in [4.78, 5) is 49.3. The first-order chi connectivity index (χ1) is 12.6. The van der Waals surface area contributed by atoms with Crippen molar-refractivity contribution in [1.82, 2.24) is 5.32 Å². The van der Waals surface area contributed by atoms with Crippen molar-refractivity contribution in [3.05, 3.63) is 23.8 Å². The molecule has 2 amide bonds. The number of anilines is 1. The van der Waals surface area contributed by atoms with E-state index in [1.54, 1.807) is 20.8 Å². The number of aromatic hydroxyl groups is 1. The molecule has 0 saturated heterocycles. The highest BCUT2D eigenvalue weighted by Crippen LogP contribution is 2.28. The summed E-state index contributed by atoms with van der Waals surface area (Å²) in [7, 11) is 0. The third kappa shape index (κ3) is 5.80. The molecule has 8 nitrogen and oxygen atoms in total. The van der Waals surface area contributed by atoms with Crippen LogP contribution in [0.3, 0.4) is 0 Å². The molecule has 0 aliphatic heterocycles. The third-order valence-corrected chi connectivity index (χ3v) is 3.78. The Morgan fingerprint density at radius 2 is 1.81 bits per heavy atom. The second-order valence-electron chi connectivity index (χ2n) is 6.42. The van der Waals surface area contributed by atoms with Crippen molar-refractivity contribution in [3.63, 3.8) is 0 Å². The highest BCUT2D eigenvalue weighted by atomic mass is 16.5. The largest absolute Gasteiger partial charge is 0.507 e. The van der Waals surface area contributed by atoms with E-state index in [2.05, 4.69) is 5.32 Å². The fraction of sp³-hybridized carbons (Fsp3) is 0.474. The summed E-state index contributed by atoms with van der Waals surface area (Å²) >= 11 is 0. The minimum absolute atomic E-state index is 0.104. The number of benzene rings is 1. The van der Waals surface area contributed by atoms with E-state index >= 15 is 0 Å². The third-order valence-electron chi connectivity index (χ3n) is 3.78. The van der Waals surface area contributed by atoms with Gasteiger partial charge >= 0.3 is 5.97 Å². The molecule has 2 N–H and O–H groups in total. The number of phenolic OH excluding ortho intramolecular Hbond substituents is 1. The SMILES string of the molecule is CCOC(=O)c1cc(N(C(C)=O)C(C(=O)NCC(C)=O)C(C)C)ccc1O. The predicted molar refractivity (Wildman–Crippen MR) is 99.5 cm³/mol. The first-order valence-electron chi connectivity index (χ1n) is 8.67. The molecule has 0 aliphatic carbocycles. The second-order valence-corrected chi connectivity index (χ2v) is 6.42. The van der Waals surface area contributed by atoms with Crippen molar-refractivity contribution in [1.29, 1.82) is 0 Å². The fourth-order valence-electron chi connectivity index (χ4n) is 2.62. The number of hydrogen-bond donors (Lipinski definition) is 2. The van der Waals surface area contributed by atoms with Gasteiger partial charge in [0, 0.05) is 12.6 Å². The Morgan fingerprint density at radius 1 is 1.19 bits per heavy atom. The van der Waals surface area contributed by atoms with Crippen LogP contribution in [0.5, 0.6) is 5.75 Å². The number of Topliss-reactive ketones (excluding diaryl/α,β-unsaturated/α-hetero) is 1. The molecular formula is C19H26N2O6. The lowest BCUT2D eigenvalue weighted by atomic mass is 9.99.